The molecule has 0 aromatic heterocycles. The van der Waals surface area contributed by atoms with Crippen molar-refractivity contribution in [2.75, 3.05) is 21.3 Å². The molecule has 1 amide bonds. The van der Waals surface area contributed by atoms with Crippen LogP contribution in [0.4, 0.5) is 5.69 Å². The first-order chi connectivity index (χ1) is 13.5. The van der Waals surface area contributed by atoms with E-state index in [2.05, 4.69) is 10.3 Å². The summed E-state index contributed by atoms with van der Waals surface area (Å²) in [5, 5.41) is 3.38. The molecule has 2 aromatic rings. The van der Waals surface area contributed by atoms with Crippen LogP contribution in [0.15, 0.2) is 40.2 Å². The molecule has 1 heterocycles. The Balaban J connectivity index is 1.94. The van der Waals surface area contributed by atoms with E-state index in [0.29, 0.717) is 27.3 Å². The number of carbonyl (C=O) groups excluding carboxylic acids is 1. The number of rotatable bonds is 5. The number of ether oxygens (including phenoxy) is 3. The minimum absolute atomic E-state index is 0.191. The molecule has 1 aliphatic rings. The lowest BCUT2D eigenvalue weighted by Crippen LogP contribution is -2.19. The molecule has 3 rings (SSSR count). The van der Waals surface area contributed by atoms with Crippen LogP contribution in [0.2, 0.25) is 0 Å². The second-order valence-electron chi connectivity index (χ2n) is 6.18. The summed E-state index contributed by atoms with van der Waals surface area (Å²) < 4.78 is 16.1. The van der Waals surface area contributed by atoms with Gasteiger partial charge in [-0.05, 0) is 60.5 Å². The van der Waals surface area contributed by atoms with Crippen LogP contribution in [0.1, 0.15) is 16.7 Å². The second kappa shape index (κ2) is 8.39. The molecule has 0 bridgehead atoms. The maximum absolute atomic E-state index is 12.4. The van der Waals surface area contributed by atoms with Gasteiger partial charge >= 0.3 is 0 Å². The molecule has 1 fully saturated rings. The van der Waals surface area contributed by atoms with Crippen LogP contribution in [0.25, 0.3) is 6.08 Å². The summed E-state index contributed by atoms with van der Waals surface area (Å²) in [5.41, 5.74) is 3.76. The molecule has 146 valence electrons. The number of hydrogen-bond donors (Lipinski definition) is 1. The number of aryl methyl sites for hydroxylation is 2. The average Bonchev–Trinajstić information content (AvgIpc) is 3.03. The van der Waals surface area contributed by atoms with Crippen molar-refractivity contribution in [1.82, 2.24) is 5.32 Å². The number of nitrogens with zero attached hydrogens (tertiary/aromatic N) is 1. The Bertz CT molecular complexity index is 937. The van der Waals surface area contributed by atoms with Crippen molar-refractivity contribution in [1.29, 1.82) is 0 Å². The lowest BCUT2D eigenvalue weighted by molar-refractivity contribution is -0.115. The zero-order chi connectivity index (χ0) is 20.3. The van der Waals surface area contributed by atoms with Gasteiger partial charge < -0.3 is 19.5 Å². The molecule has 2 aromatic carbocycles. The van der Waals surface area contributed by atoms with Crippen LogP contribution >= 0.6 is 11.8 Å². The van der Waals surface area contributed by atoms with Crippen LogP contribution in [-0.4, -0.2) is 32.4 Å². The summed E-state index contributed by atoms with van der Waals surface area (Å²) in [4.78, 5) is 17.6. The van der Waals surface area contributed by atoms with Crippen molar-refractivity contribution in [3.05, 3.63) is 51.9 Å². The van der Waals surface area contributed by atoms with E-state index in [1.165, 1.54) is 11.8 Å². The van der Waals surface area contributed by atoms with Crippen LogP contribution in [0.5, 0.6) is 17.2 Å². The van der Waals surface area contributed by atoms with Crippen molar-refractivity contribution in [2.45, 2.75) is 13.8 Å². The Hall–Kier alpha value is -2.93. The van der Waals surface area contributed by atoms with Crippen molar-refractivity contribution in [3.8, 4) is 17.2 Å². The van der Waals surface area contributed by atoms with Gasteiger partial charge in [-0.3, -0.25) is 4.79 Å². The number of para-hydroxylation sites is 1. The largest absolute Gasteiger partial charge is 0.493 e. The molecule has 0 unspecified atom stereocenters. The Morgan fingerprint density at radius 1 is 1.00 bits per heavy atom. The van der Waals surface area contributed by atoms with Crippen LogP contribution in [-0.2, 0) is 4.79 Å². The minimum atomic E-state index is -0.191. The number of nitrogens with one attached hydrogen (secondary N) is 1. The van der Waals surface area contributed by atoms with E-state index in [1.807, 2.05) is 32.0 Å². The molecule has 6 nitrogen and oxygen atoms in total. The van der Waals surface area contributed by atoms with E-state index in [-0.39, 0.29) is 5.91 Å². The van der Waals surface area contributed by atoms with E-state index in [0.717, 1.165) is 22.4 Å². The first kappa shape index (κ1) is 19.8. The molecule has 0 saturated carbocycles. The molecular weight excluding hydrogens is 376 g/mol. The molecule has 1 aliphatic heterocycles. The highest BCUT2D eigenvalue weighted by molar-refractivity contribution is 8.18. The number of benzene rings is 2. The Morgan fingerprint density at radius 2 is 1.61 bits per heavy atom. The number of amides is 1. The van der Waals surface area contributed by atoms with Crippen LogP contribution < -0.4 is 19.5 Å². The van der Waals surface area contributed by atoms with Crippen LogP contribution in [0, 0.1) is 13.8 Å². The fourth-order valence-electron chi connectivity index (χ4n) is 2.90. The first-order valence-electron chi connectivity index (χ1n) is 8.62. The standard InChI is InChI=1S/C21H22N2O4S/c1-12-7-6-8-13(2)18(12)22-21-23-20(24)17(28-21)11-14-9-15(25-3)19(27-5)16(10-14)26-4/h6-11H,1-5H3,(H,22,23,24)/b17-11-. The van der Waals surface area contributed by atoms with Crippen molar-refractivity contribution >= 4 is 34.6 Å². The average molecular weight is 398 g/mol. The summed E-state index contributed by atoms with van der Waals surface area (Å²) in [6, 6.07) is 9.58. The van der Waals surface area contributed by atoms with E-state index in [4.69, 9.17) is 14.2 Å². The highest BCUT2D eigenvalue weighted by atomic mass is 32.2. The summed E-state index contributed by atoms with van der Waals surface area (Å²) in [6.45, 7) is 4.00. The fourth-order valence-corrected chi connectivity index (χ4v) is 3.73. The third kappa shape index (κ3) is 3.99. The number of methoxy groups -OCH3 is 3. The summed E-state index contributed by atoms with van der Waals surface area (Å²) in [6.07, 6.45) is 1.78. The third-order valence-electron chi connectivity index (χ3n) is 4.29. The van der Waals surface area contributed by atoms with E-state index in [9.17, 15) is 4.79 Å². The lowest BCUT2D eigenvalue weighted by Gasteiger charge is -2.12. The number of aliphatic imine (C=N–C) groups is 1. The molecule has 0 radical (unpaired) electrons. The van der Waals surface area contributed by atoms with Gasteiger partial charge in [0.15, 0.2) is 16.7 Å². The Kier molecular flexibility index (Phi) is 5.94. The smallest absolute Gasteiger partial charge is 0.264 e. The van der Waals surface area contributed by atoms with Gasteiger partial charge in [-0.25, -0.2) is 4.99 Å². The van der Waals surface area contributed by atoms with Crippen molar-refractivity contribution < 1.29 is 19.0 Å². The Morgan fingerprint density at radius 3 is 2.14 bits per heavy atom. The van der Waals surface area contributed by atoms with Gasteiger partial charge in [-0.15, -0.1) is 0 Å². The zero-order valence-electron chi connectivity index (χ0n) is 16.5. The molecule has 28 heavy (non-hydrogen) atoms. The molecule has 0 aliphatic carbocycles. The SMILES string of the molecule is COc1cc(/C=C2\SC(=Nc3c(C)cccc3C)NC2=O)cc(OC)c1OC. The highest BCUT2D eigenvalue weighted by Crippen LogP contribution is 2.39. The summed E-state index contributed by atoms with van der Waals surface area (Å²) in [5.74, 6) is 1.37. The molecule has 7 heteroatoms. The first-order valence-corrected chi connectivity index (χ1v) is 9.44. The minimum Gasteiger partial charge on any atom is -0.493 e. The van der Waals surface area contributed by atoms with Gasteiger partial charge in [-0.1, -0.05) is 18.2 Å². The predicted molar refractivity (Wildman–Crippen MR) is 113 cm³/mol. The van der Waals surface area contributed by atoms with E-state index >= 15 is 0 Å². The van der Waals surface area contributed by atoms with Gasteiger partial charge in [0.25, 0.3) is 5.91 Å². The second-order valence-corrected chi connectivity index (χ2v) is 7.21. The van der Waals surface area contributed by atoms with Crippen molar-refractivity contribution in [3.63, 3.8) is 0 Å². The number of hydrogen-bond acceptors (Lipinski definition) is 6. The maximum Gasteiger partial charge on any atom is 0.264 e. The van der Waals surface area contributed by atoms with E-state index in [1.54, 1.807) is 39.5 Å². The summed E-state index contributed by atoms with van der Waals surface area (Å²) in [7, 11) is 4.66. The number of carbonyl (C=O) groups is 1. The molecule has 1 saturated heterocycles. The highest BCUT2D eigenvalue weighted by Gasteiger charge is 2.24. The normalized spacial score (nSPS) is 16.4. The number of amidine groups is 1. The molecule has 0 atom stereocenters. The predicted octanol–water partition coefficient (Wildman–Crippen LogP) is 4.22. The van der Waals surface area contributed by atoms with Crippen LogP contribution in [0.3, 0.4) is 0 Å². The van der Waals surface area contributed by atoms with E-state index < -0.39 is 0 Å². The maximum atomic E-state index is 12.4. The third-order valence-corrected chi connectivity index (χ3v) is 5.20. The molecular formula is C21H22N2O4S. The quantitative estimate of drug-likeness (QED) is 0.764. The fraction of sp³-hybridized carbons (Fsp3) is 0.238. The molecule has 0 spiro atoms. The topological polar surface area (TPSA) is 69.2 Å². The monoisotopic (exact) mass is 398 g/mol. The Labute approximate surface area is 168 Å². The van der Waals surface area contributed by atoms with Crippen molar-refractivity contribution in [2.24, 2.45) is 4.99 Å². The van der Waals surface area contributed by atoms with Gasteiger partial charge in [0.1, 0.15) is 0 Å². The van der Waals surface area contributed by atoms with Gasteiger partial charge in [0, 0.05) is 0 Å². The number of thioether (sulfide) groups is 1. The lowest BCUT2D eigenvalue weighted by atomic mass is 10.1. The summed E-state index contributed by atoms with van der Waals surface area (Å²) >= 11 is 1.30. The zero-order valence-corrected chi connectivity index (χ0v) is 17.3. The van der Waals surface area contributed by atoms with Gasteiger partial charge in [0.05, 0.1) is 31.9 Å². The molecule has 1 N–H and O–H groups in total. The van der Waals surface area contributed by atoms with Gasteiger partial charge in [0.2, 0.25) is 5.75 Å². The van der Waals surface area contributed by atoms with Gasteiger partial charge in [-0.2, -0.15) is 0 Å².